The molecular weight excluding hydrogens is 334 g/mol. The smallest absolute Gasteiger partial charge is 0.165 e. The summed E-state index contributed by atoms with van der Waals surface area (Å²) in [6.45, 7) is 0.918. The molecule has 0 amide bonds. The normalized spacial score (nSPS) is 15.9. The number of ether oxygens (including phenoxy) is 1. The zero-order valence-electron chi connectivity index (χ0n) is 15.5. The number of hydrogen-bond acceptors (Lipinski definition) is 3. The van der Waals surface area contributed by atoms with Crippen molar-refractivity contribution < 1.29 is 9.53 Å². The summed E-state index contributed by atoms with van der Waals surface area (Å²) >= 11 is 0. The van der Waals surface area contributed by atoms with Crippen LogP contribution in [-0.2, 0) is 6.42 Å². The average Bonchev–Trinajstić information content (AvgIpc) is 2.74. The maximum Gasteiger partial charge on any atom is 0.165 e. The van der Waals surface area contributed by atoms with Crippen LogP contribution in [0, 0.1) is 0 Å². The first kappa shape index (κ1) is 17.3. The highest BCUT2D eigenvalue weighted by Gasteiger charge is 2.29. The Bertz CT molecular complexity index is 919. The molecule has 1 heterocycles. The first-order chi connectivity index (χ1) is 13.3. The number of anilines is 1. The molecule has 3 heteroatoms. The molecule has 0 fully saturated rings. The minimum absolute atomic E-state index is 0.0481. The number of methoxy groups -OCH3 is 1. The number of fused-ring (bicyclic) bond motifs is 1. The molecule has 0 radical (unpaired) electrons. The minimum atomic E-state index is 0.0481. The number of ketones is 1. The number of rotatable bonds is 5. The lowest BCUT2D eigenvalue weighted by Gasteiger charge is -2.39. The van der Waals surface area contributed by atoms with Gasteiger partial charge in [-0.3, -0.25) is 4.79 Å². The molecule has 0 bridgehead atoms. The van der Waals surface area contributed by atoms with E-state index < -0.39 is 0 Å². The Kier molecular flexibility index (Phi) is 4.93. The summed E-state index contributed by atoms with van der Waals surface area (Å²) in [6.07, 6.45) is 1.45. The molecule has 3 aromatic carbocycles. The van der Waals surface area contributed by atoms with Crippen LogP contribution >= 0.6 is 0 Å². The third-order valence-corrected chi connectivity index (χ3v) is 5.29. The molecule has 136 valence electrons. The predicted octanol–water partition coefficient (Wildman–Crippen LogP) is 5.07. The topological polar surface area (TPSA) is 29.5 Å². The number of para-hydroxylation sites is 1. The zero-order chi connectivity index (χ0) is 18.6. The van der Waals surface area contributed by atoms with Crippen LogP contribution in [0.1, 0.15) is 33.9 Å². The van der Waals surface area contributed by atoms with E-state index in [1.807, 2.05) is 30.3 Å². The minimum Gasteiger partial charge on any atom is -0.497 e. The highest BCUT2D eigenvalue weighted by Crippen LogP contribution is 2.36. The summed E-state index contributed by atoms with van der Waals surface area (Å²) in [5.41, 5.74) is 4.50. The van der Waals surface area contributed by atoms with Gasteiger partial charge in [-0.25, -0.2) is 0 Å². The lowest BCUT2D eigenvalue weighted by Crippen LogP contribution is -2.36. The Morgan fingerprint density at radius 3 is 2.41 bits per heavy atom. The molecule has 0 aliphatic carbocycles. The number of Topliss-reactive ketones (excluding diaryl/α,β-unsaturated/α-hetero) is 1. The fourth-order valence-electron chi connectivity index (χ4n) is 3.87. The van der Waals surface area contributed by atoms with Crippen LogP contribution in [0.2, 0.25) is 0 Å². The van der Waals surface area contributed by atoms with Crippen molar-refractivity contribution in [3.05, 3.63) is 95.6 Å². The first-order valence-corrected chi connectivity index (χ1v) is 9.33. The third kappa shape index (κ3) is 3.59. The Balaban J connectivity index is 1.66. The van der Waals surface area contributed by atoms with Crippen LogP contribution in [-0.4, -0.2) is 19.4 Å². The molecule has 0 spiro atoms. The van der Waals surface area contributed by atoms with Crippen molar-refractivity contribution in [1.29, 1.82) is 0 Å². The molecule has 1 aliphatic heterocycles. The molecule has 0 aromatic heterocycles. The number of carbonyl (C=O) groups excluding carboxylic acids is 1. The summed E-state index contributed by atoms with van der Waals surface area (Å²) in [5.74, 6) is 0.917. The van der Waals surface area contributed by atoms with Crippen LogP contribution in [0.3, 0.4) is 0 Å². The van der Waals surface area contributed by atoms with Gasteiger partial charge in [0.1, 0.15) is 5.75 Å². The number of hydrogen-bond donors (Lipinski definition) is 0. The van der Waals surface area contributed by atoms with Gasteiger partial charge in [0, 0.05) is 24.2 Å². The quantitative estimate of drug-likeness (QED) is 0.597. The fourth-order valence-corrected chi connectivity index (χ4v) is 3.87. The molecular formula is C24H23NO2. The van der Waals surface area contributed by atoms with Crippen molar-refractivity contribution in [3.63, 3.8) is 0 Å². The average molecular weight is 357 g/mol. The van der Waals surface area contributed by atoms with E-state index in [2.05, 4.69) is 53.4 Å². The van der Waals surface area contributed by atoms with Crippen molar-refractivity contribution in [2.24, 2.45) is 0 Å². The van der Waals surface area contributed by atoms with Gasteiger partial charge >= 0.3 is 0 Å². The monoisotopic (exact) mass is 357 g/mol. The molecule has 0 saturated heterocycles. The summed E-state index contributed by atoms with van der Waals surface area (Å²) in [4.78, 5) is 15.4. The predicted molar refractivity (Wildman–Crippen MR) is 109 cm³/mol. The van der Waals surface area contributed by atoms with Gasteiger partial charge in [0.05, 0.1) is 13.2 Å². The maximum atomic E-state index is 13.0. The molecule has 0 N–H and O–H groups in total. The van der Waals surface area contributed by atoms with Gasteiger partial charge in [-0.15, -0.1) is 0 Å². The molecule has 1 aliphatic rings. The van der Waals surface area contributed by atoms with Gasteiger partial charge in [-0.1, -0.05) is 42.5 Å². The Hall–Kier alpha value is -3.07. The standard InChI is InChI=1S/C24H23NO2/c1-27-21-13-11-19(12-14-21)24(26)17-23-22-10-6-5-7-18(22)15-16-25(23)20-8-3-2-4-9-20/h2-14,23H,15-17H2,1H3. The molecule has 3 aromatic rings. The Morgan fingerprint density at radius 1 is 0.963 bits per heavy atom. The van der Waals surface area contributed by atoms with E-state index in [1.165, 1.54) is 16.8 Å². The van der Waals surface area contributed by atoms with Gasteiger partial charge in [0.15, 0.2) is 5.78 Å². The highest BCUT2D eigenvalue weighted by atomic mass is 16.5. The van der Waals surface area contributed by atoms with Crippen LogP contribution in [0.4, 0.5) is 5.69 Å². The third-order valence-electron chi connectivity index (χ3n) is 5.29. The first-order valence-electron chi connectivity index (χ1n) is 9.33. The number of benzene rings is 3. The van der Waals surface area contributed by atoms with E-state index >= 15 is 0 Å². The largest absolute Gasteiger partial charge is 0.497 e. The van der Waals surface area contributed by atoms with E-state index in [9.17, 15) is 4.79 Å². The molecule has 27 heavy (non-hydrogen) atoms. The van der Waals surface area contributed by atoms with Crippen LogP contribution in [0.15, 0.2) is 78.9 Å². The van der Waals surface area contributed by atoms with E-state index in [1.54, 1.807) is 7.11 Å². The van der Waals surface area contributed by atoms with Gasteiger partial charge in [-0.05, 0) is 53.9 Å². The van der Waals surface area contributed by atoms with Gasteiger partial charge in [0.25, 0.3) is 0 Å². The van der Waals surface area contributed by atoms with Crippen LogP contribution in [0.5, 0.6) is 5.75 Å². The SMILES string of the molecule is COc1ccc(C(=O)CC2c3ccccc3CCN2c2ccccc2)cc1. The van der Waals surface area contributed by atoms with E-state index in [0.29, 0.717) is 6.42 Å². The molecule has 1 atom stereocenters. The summed E-state index contributed by atoms with van der Waals surface area (Å²) in [7, 11) is 1.63. The van der Waals surface area contributed by atoms with Crippen molar-refractivity contribution in [3.8, 4) is 5.75 Å². The van der Waals surface area contributed by atoms with E-state index in [4.69, 9.17) is 4.74 Å². The lowest BCUT2D eigenvalue weighted by atomic mass is 9.88. The Morgan fingerprint density at radius 2 is 1.67 bits per heavy atom. The molecule has 4 rings (SSSR count). The zero-order valence-corrected chi connectivity index (χ0v) is 15.5. The molecule has 3 nitrogen and oxygen atoms in total. The summed E-state index contributed by atoms with van der Waals surface area (Å²) in [6, 6.07) is 26.3. The van der Waals surface area contributed by atoms with E-state index in [-0.39, 0.29) is 11.8 Å². The van der Waals surface area contributed by atoms with Crippen molar-refractivity contribution >= 4 is 11.5 Å². The second kappa shape index (κ2) is 7.67. The van der Waals surface area contributed by atoms with Crippen molar-refractivity contribution in [2.45, 2.75) is 18.9 Å². The van der Waals surface area contributed by atoms with Gasteiger partial charge < -0.3 is 9.64 Å². The van der Waals surface area contributed by atoms with Gasteiger partial charge in [0.2, 0.25) is 0 Å². The lowest BCUT2D eigenvalue weighted by molar-refractivity contribution is 0.0972. The van der Waals surface area contributed by atoms with Crippen LogP contribution < -0.4 is 9.64 Å². The highest BCUT2D eigenvalue weighted by molar-refractivity contribution is 5.97. The second-order valence-corrected chi connectivity index (χ2v) is 6.85. The fraction of sp³-hybridized carbons (Fsp3) is 0.208. The van der Waals surface area contributed by atoms with Crippen molar-refractivity contribution in [1.82, 2.24) is 0 Å². The summed E-state index contributed by atoms with van der Waals surface area (Å²) < 4.78 is 5.20. The molecule has 0 saturated carbocycles. The molecule has 1 unspecified atom stereocenters. The van der Waals surface area contributed by atoms with Crippen LogP contribution in [0.25, 0.3) is 0 Å². The number of nitrogens with zero attached hydrogens (tertiary/aromatic N) is 1. The van der Waals surface area contributed by atoms with Gasteiger partial charge in [-0.2, -0.15) is 0 Å². The number of carbonyl (C=O) groups is 1. The van der Waals surface area contributed by atoms with Crippen molar-refractivity contribution in [2.75, 3.05) is 18.6 Å². The van der Waals surface area contributed by atoms with E-state index in [0.717, 1.165) is 24.3 Å². The maximum absolute atomic E-state index is 13.0. The second-order valence-electron chi connectivity index (χ2n) is 6.85. The Labute approximate surface area is 160 Å². The summed E-state index contributed by atoms with van der Waals surface area (Å²) in [5, 5.41) is 0.